The molecule has 3 rings (SSSR count). The highest BCUT2D eigenvalue weighted by Crippen LogP contribution is 2.48. The van der Waals surface area contributed by atoms with Gasteiger partial charge in [-0.15, -0.1) is 0 Å². The molecule has 0 spiro atoms. The van der Waals surface area contributed by atoms with Crippen LogP contribution in [0.15, 0.2) is 0 Å². The molecule has 2 amide bonds. The van der Waals surface area contributed by atoms with E-state index in [2.05, 4.69) is 24.3 Å². The van der Waals surface area contributed by atoms with Gasteiger partial charge in [-0.2, -0.15) is 0 Å². The molecule has 1 saturated heterocycles. The Kier molecular flexibility index (Phi) is 10.5. The minimum Gasteiger partial charge on any atom is -0.436 e. The lowest BCUT2D eigenvalue weighted by Crippen LogP contribution is -2.44. The van der Waals surface area contributed by atoms with Crippen LogP contribution < -0.4 is 5.32 Å². The van der Waals surface area contributed by atoms with Gasteiger partial charge in [0, 0.05) is 0 Å². The van der Waals surface area contributed by atoms with Crippen molar-refractivity contribution < 1.29 is 19.1 Å². The second kappa shape index (κ2) is 13.1. The van der Waals surface area contributed by atoms with E-state index in [0.717, 1.165) is 32.1 Å². The molecule has 2 aliphatic carbocycles. The minimum absolute atomic E-state index is 0.0253. The van der Waals surface area contributed by atoms with E-state index < -0.39 is 12.2 Å². The van der Waals surface area contributed by atoms with Gasteiger partial charge in [-0.25, -0.2) is 4.79 Å². The first-order chi connectivity index (χ1) is 15.9. The van der Waals surface area contributed by atoms with E-state index in [-0.39, 0.29) is 16.9 Å². The van der Waals surface area contributed by atoms with Crippen LogP contribution in [0.5, 0.6) is 0 Å². The third-order valence-corrected chi connectivity index (χ3v) is 8.14. The number of cyclic esters (lactones) is 1. The van der Waals surface area contributed by atoms with Crippen molar-refractivity contribution in [3.05, 3.63) is 0 Å². The Labute approximate surface area is 201 Å². The van der Waals surface area contributed by atoms with Crippen LogP contribution >= 0.6 is 0 Å². The summed E-state index contributed by atoms with van der Waals surface area (Å²) in [4.78, 5) is 26.5. The molecule has 0 aromatic heterocycles. The van der Waals surface area contributed by atoms with Crippen molar-refractivity contribution in [2.75, 3.05) is 20.8 Å². The van der Waals surface area contributed by atoms with Gasteiger partial charge in [0.2, 0.25) is 0 Å². The quantitative estimate of drug-likeness (QED) is 0.482. The summed E-state index contributed by atoms with van der Waals surface area (Å²) in [5.41, 5.74) is -0.185. The molecule has 2 saturated carbocycles. The van der Waals surface area contributed by atoms with Gasteiger partial charge in [-0.1, -0.05) is 83.5 Å². The second-order valence-electron chi connectivity index (χ2n) is 11.4. The first kappa shape index (κ1) is 26.5. The molecule has 0 radical (unpaired) electrons. The number of ether oxygens (including phenoxy) is 2. The number of alkyl carbamates (subject to hydrolysis) is 1. The number of carbonyl (C=O) groups is 2. The zero-order chi connectivity index (χ0) is 23.6. The zero-order valence-electron chi connectivity index (χ0n) is 21.3. The summed E-state index contributed by atoms with van der Waals surface area (Å²) >= 11 is 0. The molecule has 3 aliphatic rings. The van der Waals surface area contributed by atoms with E-state index in [1.807, 2.05) is 0 Å². The van der Waals surface area contributed by atoms with E-state index >= 15 is 0 Å². The third-order valence-electron chi connectivity index (χ3n) is 8.14. The molecule has 0 aromatic rings. The molecule has 6 heteroatoms. The molecule has 3 fully saturated rings. The Morgan fingerprint density at radius 1 is 0.818 bits per heavy atom. The monoisotopic (exact) mass is 464 g/mol. The van der Waals surface area contributed by atoms with Crippen LogP contribution in [0.3, 0.4) is 0 Å². The zero-order valence-corrected chi connectivity index (χ0v) is 21.3. The number of rotatable bonds is 5. The fourth-order valence-corrected chi connectivity index (χ4v) is 6.43. The second-order valence-corrected chi connectivity index (χ2v) is 11.4. The van der Waals surface area contributed by atoms with Gasteiger partial charge in [-0.3, -0.25) is 15.0 Å². The molecule has 1 heterocycles. The maximum Gasteiger partial charge on any atom is 0.414 e. The van der Waals surface area contributed by atoms with Crippen LogP contribution in [0.2, 0.25) is 0 Å². The van der Waals surface area contributed by atoms with Crippen molar-refractivity contribution in [1.29, 1.82) is 0 Å². The van der Waals surface area contributed by atoms with E-state index in [0.29, 0.717) is 13.2 Å². The number of fused-ring (bicyclic) bond motifs is 2. The van der Waals surface area contributed by atoms with Crippen LogP contribution in [0.25, 0.3) is 0 Å². The van der Waals surface area contributed by atoms with E-state index in [9.17, 15) is 9.59 Å². The number of nitrogens with one attached hydrogen (secondary N) is 1. The van der Waals surface area contributed by atoms with E-state index in [4.69, 9.17) is 9.47 Å². The Morgan fingerprint density at radius 3 is 1.76 bits per heavy atom. The third kappa shape index (κ3) is 8.54. The molecule has 1 aliphatic heterocycles. The summed E-state index contributed by atoms with van der Waals surface area (Å²) in [6.07, 6.45) is 21.2. The van der Waals surface area contributed by atoms with Gasteiger partial charge in [-0.05, 0) is 58.0 Å². The Balaban J connectivity index is 1.93. The summed E-state index contributed by atoms with van der Waals surface area (Å²) in [7, 11) is 4.15. The highest BCUT2D eigenvalue weighted by molar-refractivity contribution is 5.99. The SMILES string of the molecule is CN(C)COC12CCCCCCCCCC(CC3OC(=O)NC3=O)(CCCCCCCC1)C2. The van der Waals surface area contributed by atoms with Crippen molar-refractivity contribution in [1.82, 2.24) is 10.2 Å². The molecule has 3 unspecified atom stereocenters. The topological polar surface area (TPSA) is 67.9 Å². The summed E-state index contributed by atoms with van der Waals surface area (Å²) in [5, 5.41) is 2.37. The van der Waals surface area contributed by atoms with Crippen molar-refractivity contribution in [2.45, 2.75) is 134 Å². The number of nitrogens with zero attached hydrogens (tertiary/aromatic N) is 1. The van der Waals surface area contributed by atoms with Crippen LogP contribution in [0.1, 0.15) is 122 Å². The molecule has 190 valence electrons. The predicted octanol–water partition coefficient (Wildman–Crippen LogP) is 6.32. The molecule has 33 heavy (non-hydrogen) atoms. The smallest absolute Gasteiger partial charge is 0.414 e. The predicted molar refractivity (Wildman–Crippen MR) is 131 cm³/mol. The Morgan fingerprint density at radius 2 is 1.30 bits per heavy atom. The first-order valence-electron chi connectivity index (χ1n) is 13.7. The fraction of sp³-hybridized carbons (Fsp3) is 0.926. The Bertz CT molecular complexity index is 625. The first-order valence-corrected chi connectivity index (χ1v) is 13.7. The minimum atomic E-state index is -0.651. The van der Waals surface area contributed by atoms with Crippen LogP contribution in [0, 0.1) is 5.41 Å². The summed E-state index contributed by atoms with van der Waals surface area (Å²) in [5.74, 6) is -0.255. The number of imide groups is 1. The van der Waals surface area contributed by atoms with Gasteiger partial charge in [0.05, 0.1) is 12.3 Å². The van der Waals surface area contributed by atoms with E-state index in [1.165, 1.54) is 83.5 Å². The average molecular weight is 465 g/mol. The maximum atomic E-state index is 12.5. The lowest BCUT2D eigenvalue weighted by atomic mass is 9.65. The highest BCUT2D eigenvalue weighted by Gasteiger charge is 2.46. The molecule has 1 N–H and O–H groups in total. The average Bonchev–Trinajstić information content (AvgIpc) is 3.06. The maximum absolute atomic E-state index is 12.5. The largest absolute Gasteiger partial charge is 0.436 e. The standard InChI is InChI=1S/C27H48N2O4/c1-29(2)22-32-27-18-14-10-5-3-4-8-12-16-26(21-27,17-13-9-6-7-11-15-19-27)20-23-24(30)28-25(31)33-23/h23H,3-22H2,1-2H3,(H,28,30,31). The molecular weight excluding hydrogens is 416 g/mol. The Hall–Kier alpha value is -1.14. The number of hydrogen-bond donors (Lipinski definition) is 1. The fourth-order valence-electron chi connectivity index (χ4n) is 6.43. The molecule has 0 aromatic carbocycles. The molecule has 3 atom stereocenters. The molecular formula is C27H48N2O4. The normalized spacial score (nSPS) is 33.4. The van der Waals surface area contributed by atoms with Gasteiger partial charge in [0.15, 0.2) is 6.10 Å². The van der Waals surface area contributed by atoms with Crippen molar-refractivity contribution >= 4 is 12.0 Å². The summed E-state index contributed by atoms with van der Waals surface area (Å²) < 4.78 is 12.3. The van der Waals surface area contributed by atoms with Crippen LogP contribution in [-0.2, 0) is 14.3 Å². The van der Waals surface area contributed by atoms with Crippen LogP contribution in [-0.4, -0.2) is 49.4 Å². The van der Waals surface area contributed by atoms with Crippen molar-refractivity contribution in [3.8, 4) is 0 Å². The molecule has 6 nitrogen and oxygen atoms in total. The number of hydrogen-bond acceptors (Lipinski definition) is 5. The van der Waals surface area contributed by atoms with Crippen LogP contribution in [0.4, 0.5) is 4.79 Å². The van der Waals surface area contributed by atoms with Crippen molar-refractivity contribution in [2.24, 2.45) is 5.41 Å². The summed E-state index contributed by atoms with van der Waals surface area (Å²) in [6.45, 7) is 0.634. The highest BCUT2D eigenvalue weighted by atomic mass is 16.6. The lowest BCUT2D eigenvalue weighted by molar-refractivity contribution is -0.133. The summed E-state index contributed by atoms with van der Waals surface area (Å²) in [6, 6.07) is 0. The lowest BCUT2D eigenvalue weighted by Gasteiger charge is -2.45. The van der Waals surface area contributed by atoms with E-state index in [1.54, 1.807) is 0 Å². The number of amides is 2. The van der Waals surface area contributed by atoms with Gasteiger partial charge >= 0.3 is 6.09 Å². The van der Waals surface area contributed by atoms with Gasteiger partial charge < -0.3 is 9.47 Å². The van der Waals surface area contributed by atoms with Gasteiger partial charge in [0.1, 0.15) is 0 Å². The number of carbonyl (C=O) groups excluding carboxylic acids is 2. The molecule has 2 bridgehead atoms. The van der Waals surface area contributed by atoms with Crippen molar-refractivity contribution in [3.63, 3.8) is 0 Å². The van der Waals surface area contributed by atoms with Gasteiger partial charge in [0.25, 0.3) is 5.91 Å².